The van der Waals surface area contributed by atoms with E-state index in [9.17, 15) is 9.36 Å². The molecule has 0 amide bonds. The number of fused-ring (bicyclic) bond motifs is 1. The molecular formula is C26H36N5O6P. The molecule has 2 aromatic heterocycles. The molecule has 3 aromatic rings. The number of nitrogen functional groups attached to an aromatic ring is 1. The second-order valence-electron chi connectivity index (χ2n) is 9.67. The zero-order valence-electron chi connectivity index (χ0n) is 22.0. The van der Waals surface area contributed by atoms with Gasteiger partial charge < -0.3 is 19.7 Å². The number of hydrogen-bond donors (Lipinski definition) is 2. The molecule has 0 radical (unpaired) electrons. The molecule has 1 unspecified atom stereocenters. The maximum atomic E-state index is 13.7. The molecular weight excluding hydrogens is 509 g/mol. The number of carbonyl (C=O) groups excluding carboxylic acids is 1. The molecule has 1 saturated heterocycles. The van der Waals surface area contributed by atoms with Crippen LogP contribution >= 0.6 is 7.75 Å². The molecule has 0 bridgehead atoms. The summed E-state index contributed by atoms with van der Waals surface area (Å²) in [7, 11) is -3.95. The molecule has 0 aliphatic carbocycles. The van der Waals surface area contributed by atoms with Crippen LogP contribution in [-0.2, 0) is 23.4 Å². The Morgan fingerprint density at radius 2 is 2.03 bits per heavy atom. The van der Waals surface area contributed by atoms with Crippen LogP contribution in [0.5, 0.6) is 5.75 Å². The van der Waals surface area contributed by atoms with Gasteiger partial charge >= 0.3 is 13.7 Å². The molecule has 0 saturated carbocycles. The van der Waals surface area contributed by atoms with E-state index in [2.05, 4.69) is 15.2 Å². The molecule has 12 heteroatoms. The van der Waals surface area contributed by atoms with Crippen LogP contribution in [0, 0.1) is 5.92 Å². The topological polar surface area (TPSA) is 139 Å². The highest BCUT2D eigenvalue weighted by atomic mass is 31.2. The molecule has 1 fully saturated rings. The lowest BCUT2D eigenvalue weighted by Crippen LogP contribution is -2.33. The number of nitrogens with two attached hydrogens (primary N) is 1. The van der Waals surface area contributed by atoms with Gasteiger partial charge in [-0.3, -0.25) is 9.32 Å². The van der Waals surface area contributed by atoms with Gasteiger partial charge in [-0.15, -0.1) is 0 Å². The normalized spacial score (nSPS) is 21.0. The molecule has 1 aromatic carbocycles. The molecule has 3 N–H and O–H groups in total. The molecule has 3 atom stereocenters. The van der Waals surface area contributed by atoms with Crippen molar-refractivity contribution in [1.29, 1.82) is 0 Å². The third-order valence-corrected chi connectivity index (χ3v) is 8.23. The predicted molar refractivity (Wildman–Crippen MR) is 143 cm³/mol. The third-order valence-electron chi connectivity index (χ3n) is 6.76. The molecule has 38 heavy (non-hydrogen) atoms. The van der Waals surface area contributed by atoms with Crippen molar-refractivity contribution in [1.82, 2.24) is 19.7 Å². The molecule has 1 aliphatic rings. The summed E-state index contributed by atoms with van der Waals surface area (Å²) >= 11 is 0. The number of para-hydroxylation sites is 1. The summed E-state index contributed by atoms with van der Waals surface area (Å²) < 4.78 is 38.7. The van der Waals surface area contributed by atoms with E-state index in [4.69, 9.17) is 24.3 Å². The first-order chi connectivity index (χ1) is 18.2. The summed E-state index contributed by atoms with van der Waals surface area (Å²) in [6.07, 6.45) is 4.32. The van der Waals surface area contributed by atoms with Gasteiger partial charge in [0.25, 0.3) is 0 Å². The lowest BCUT2D eigenvalue weighted by molar-refractivity contribution is -0.143. The van der Waals surface area contributed by atoms with E-state index in [1.807, 2.05) is 39.0 Å². The van der Waals surface area contributed by atoms with Crippen LogP contribution in [0.3, 0.4) is 0 Å². The summed E-state index contributed by atoms with van der Waals surface area (Å²) in [6.45, 7) is 5.97. The standard InChI is InChI=1S/C26H36N5O6P/c1-4-19(5-2)16-34-24(32)15-30-38(33,37-20-9-7-6-8-10-20)35-17-26(3)14-13-23(36-26)21-11-12-22-25(27)28-18-29-31(21)22/h6-12,18-19,23H,4-5,13-17H2,1-3H3,(H,30,33)(H2,27,28,29)/t23?,26-,38-/m0/s1. The Hall–Kier alpha value is -2.98. The van der Waals surface area contributed by atoms with Crippen molar-refractivity contribution < 1.29 is 27.9 Å². The van der Waals surface area contributed by atoms with E-state index in [1.54, 1.807) is 28.8 Å². The van der Waals surface area contributed by atoms with Gasteiger partial charge in [-0.25, -0.2) is 19.2 Å². The first-order valence-electron chi connectivity index (χ1n) is 12.9. The van der Waals surface area contributed by atoms with Crippen molar-refractivity contribution in [2.45, 2.75) is 58.2 Å². The highest BCUT2D eigenvalue weighted by Gasteiger charge is 2.41. The van der Waals surface area contributed by atoms with Gasteiger partial charge in [-0.2, -0.15) is 5.10 Å². The van der Waals surface area contributed by atoms with Crippen molar-refractivity contribution >= 4 is 25.1 Å². The zero-order valence-corrected chi connectivity index (χ0v) is 22.9. The number of benzene rings is 1. The maximum absolute atomic E-state index is 13.7. The van der Waals surface area contributed by atoms with Gasteiger partial charge in [-0.1, -0.05) is 44.9 Å². The Bertz CT molecular complexity index is 1270. The van der Waals surface area contributed by atoms with E-state index in [1.165, 1.54) is 6.33 Å². The number of anilines is 1. The summed E-state index contributed by atoms with van der Waals surface area (Å²) in [5, 5.41) is 6.96. The Labute approximate surface area is 222 Å². The first kappa shape index (κ1) is 28.0. The van der Waals surface area contributed by atoms with Gasteiger partial charge in [0, 0.05) is 0 Å². The third kappa shape index (κ3) is 6.91. The SMILES string of the molecule is CCC(CC)COC(=O)CN[P@](=O)(OC[C@]1(C)CCC(c2ccc3c(N)ncnn23)O1)Oc1ccccc1. The predicted octanol–water partition coefficient (Wildman–Crippen LogP) is 4.69. The Morgan fingerprint density at radius 3 is 2.76 bits per heavy atom. The van der Waals surface area contributed by atoms with Crippen molar-refractivity contribution in [3.63, 3.8) is 0 Å². The highest BCUT2D eigenvalue weighted by molar-refractivity contribution is 7.52. The molecule has 206 valence electrons. The Balaban J connectivity index is 1.40. The summed E-state index contributed by atoms with van der Waals surface area (Å²) in [5.41, 5.74) is 6.76. The number of nitrogens with zero attached hydrogens (tertiary/aromatic N) is 3. The number of aromatic nitrogens is 3. The van der Waals surface area contributed by atoms with Gasteiger partial charge in [-0.05, 0) is 49.9 Å². The van der Waals surface area contributed by atoms with Gasteiger partial charge in [0.15, 0.2) is 5.82 Å². The van der Waals surface area contributed by atoms with Crippen LogP contribution in [0.15, 0.2) is 48.8 Å². The van der Waals surface area contributed by atoms with Gasteiger partial charge in [0.05, 0.1) is 24.5 Å². The van der Waals surface area contributed by atoms with E-state index in [-0.39, 0.29) is 25.2 Å². The van der Waals surface area contributed by atoms with Crippen LogP contribution < -0.4 is 15.3 Å². The van der Waals surface area contributed by atoms with E-state index >= 15 is 0 Å². The lowest BCUT2D eigenvalue weighted by Gasteiger charge is -2.27. The summed E-state index contributed by atoms with van der Waals surface area (Å²) in [6, 6.07) is 12.4. The van der Waals surface area contributed by atoms with Crippen molar-refractivity contribution in [3.05, 3.63) is 54.5 Å². The molecule has 1 aliphatic heterocycles. The summed E-state index contributed by atoms with van der Waals surface area (Å²) in [4.78, 5) is 16.4. The Kier molecular flexibility index (Phi) is 9.04. The van der Waals surface area contributed by atoms with Gasteiger partial charge in [0.2, 0.25) is 0 Å². The van der Waals surface area contributed by atoms with Crippen molar-refractivity contribution in [2.24, 2.45) is 5.92 Å². The highest BCUT2D eigenvalue weighted by Crippen LogP contribution is 2.47. The lowest BCUT2D eigenvalue weighted by atomic mass is 10.0. The minimum Gasteiger partial charge on any atom is -0.464 e. The molecule has 11 nitrogen and oxygen atoms in total. The van der Waals surface area contributed by atoms with Crippen LogP contribution in [-0.4, -0.2) is 45.9 Å². The largest absolute Gasteiger partial charge is 0.464 e. The van der Waals surface area contributed by atoms with E-state index in [0.717, 1.165) is 18.5 Å². The molecule has 4 rings (SSSR count). The Morgan fingerprint density at radius 1 is 1.26 bits per heavy atom. The van der Waals surface area contributed by atoms with Gasteiger partial charge in [0.1, 0.15) is 30.2 Å². The van der Waals surface area contributed by atoms with Crippen molar-refractivity contribution in [2.75, 3.05) is 25.5 Å². The van der Waals surface area contributed by atoms with E-state index in [0.29, 0.717) is 36.5 Å². The van der Waals surface area contributed by atoms with Crippen LogP contribution in [0.2, 0.25) is 0 Å². The second-order valence-corrected chi connectivity index (χ2v) is 11.4. The second kappa shape index (κ2) is 12.3. The average molecular weight is 546 g/mol. The fourth-order valence-corrected chi connectivity index (χ4v) is 5.70. The number of esters is 1. The minimum atomic E-state index is -3.95. The molecule has 3 heterocycles. The van der Waals surface area contributed by atoms with E-state index < -0.39 is 19.3 Å². The number of hydrogen-bond acceptors (Lipinski definition) is 9. The zero-order chi connectivity index (χ0) is 27.2. The fourth-order valence-electron chi connectivity index (χ4n) is 4.32. The first-order valence-corrected chi connectivity index (χ1v) is 14.4. The number of nitrogens with one attached hydrogen (secondary N) is 1. The quantitative estimate of drug-likeness (QED) is 0.230. The van der Waals surface area contributed by atoms with Crippen molar-refractivity contribution in [3.8, 4) is 5.75 Å². The number of rotatable bonds is 13. The molecule has 0 spiro atoms. The number of carbonyl (C=O) groups is 1. The smallest absolute Gasteiger partial charge is 0.459 e. The fraction of sp³-hybridized carbons (Fsp3) is 0.500. The number of ether oxygens (including phenoxy) is 2. The average Bonchev–Trinajstić information content (AvgIpc) is 3.53. The minimum absolute atomic E-state index is 0.0240. The van der Waals surface area contributed by atoms with Crippen LogP contribution in [0.1, 0.15) is 58.3 Å². The van der Waals surface area contributed by atoms with Crippen LogP contribution in [0.4, 0.5) is 5.82 Å². The maximum Gasteiger partial charge on any atom is 0.459 e. The van der Waals surface area contributed by atoms with Crippen LogP contribution in [0.25, 0.3) is 5.52 Å². The monoisotopic (exact) mass is 545 g/mol. The summed E-state index contributed by atoms with van der Waals surface area (Å²) in [5.74, 6) is 0.498.